The summed E-state index contributed by atoms with van der Waals surface area (Å²) in [6.07, 6.45) is 2.33. The monoisotopic (exact) mass is 690 g/mol. The number of hydrogen-bond donors (Lipinski definition) is 5. The predicted molar refractivity (Wildman–Crippen MR) is 173 cm³/mol. The van der Waals surface area contributed by atoms with Crippen molar-refractivity contribution in [3.8, 4) is 5.75 Å². The van der Waals surface area contributed by atoms with Gasteiger partial charge in [-0.05, 0) is 48.9 Å². The van der Waals surface area contributed by atoms with Crippen molar-refractivity contribution in [1.29, 1.82) is 0 Å². The van der Waals surface area contributed by atoms with Crippen LogP contribution in [0.2, 0.25) is 0 Å². The molecule has 0 aliphatic carbocycles. The van der Waals surface area contributed by atoms with Crippen molar-refractivity contribution in [3.05, 3.63) is 65.7 Å². The van der Waals surface area contributed by atoms with Gasteiger partial charge in [-0.3, -0.25) is 24.0 Å². The summed E-state index contributed by atoms with van der Waals surface area (Å²) in [5, 5.41) is 17.3. The lowest BCUT2D eigenvalue weighted by Gasteiger charge is -2.23. The second-order valence-corrected chi connectivity index (χ2v) is 12.3. The van der Waals surface area contributed by atoms with Crippen LogP contribution in [-0.4, -0.2) is 65.4 Å². The quantitative estimate of drug-likeness (QED) is 0.0997. The molecule has 0 saturated heterocycles. The number of carbonyl (C=O) groups excluding carboxylic acids is 5. The number of amides is 3. The molecule has 0 fully saturated rings. The van der Waals surface area contributed by atoms with E-state index < -0.39 is 68.0 Å². The maximum Gasteiger partial charge on any atom is 0.651 e. The Labute approximate surface area is 278 Å². The van der Waals surface area contributed by atoms with Crippen LogP contribution in [0.25, 0.3) is 0 Å². The number of carbonyl (C=O) groups is 6. The molecule has 0 saturated carbocycles. The van der Waals surface area contributed by atoms with Gasteiger partial charge in [0.1, 0.15) is 17.8 Å². The summed E-state index contributed by atoms with van der Waals surface area (Å²) in [5.74, 6) is -5.42. The van der Waals surface area contributed by atoms with E-state index >= 15 is 0 Å². The first-order valence-corrected chi connectivity index (χ1v) is 16.9. The highest BCUT2D eigenvalue weighted by molar-refractivity contribution is 7.50. The maximum absolute atomic E-state index is 13.1. The zero-order chi connectivity index (χ0) is 35.7. The Balaban J connectivity index is 1.96. The lowest BCUT2D eigenvalue weighted by molar-refractivity contribution is -0.144. The summed E-state index contributed by atoms with van der Waals surface area (Å²) in [7, 11) is -4.57. The van der Waals surface area contributed by atoms with E-state index in [1.807, 2.05) is 37.3 Å². The van der Waals surface area contributed by atoms with Gasteiger partial charge in [-0.1, -0.05) is 62.2 Å². The molecule has 0 aliphatic rings. The summed E-state index contributed by atoms with van der Waals surface area (Å²) in [6.45, 7) is 4.14. The van der Waals surface area contributed by atoms with Crippen molar-refractivity contribution in [2.75, 3.05) is 6.54 Å². The van der Waals surface area contributed by atoms with Crippen LogP contribution >= 0.6 is 7.82 Å². The number of rotatable bonds is 20. The van der Waals surface area contributed by atoms with Crippen LogP contribution in [0.1, 0.15) is 64.0 Å². The minimum atomic E-state index is -4.57. The molecule has 48 heavy (non-hydrogen) atoms. The Hall–Kier alpha value is -4.75. The Bertz CT molecular complexity index is 1430. The predicted octanol–water partition coefficient (Wildman–Crippen LogP) is 2.55. The molecule has 0 spiro atoms. The first kappa shape index (κ1) is 39.4. The van der Waals surface area contributed by atoms with Gasteiger partial charge < -0.3 is 40.4 Å². The van der Waals surface area contributed by atoms with Gasteiger partial charge in [-0.2, -0.15) is 4.57 Å². The molecule has 2 aromatic rings. The summed E-state index contributed by atoms with van der Waals surface area (Å²) in [4.78, 5) is 72.9. The van der Waals surface area contributed by atoms with E-state index in [4.69, 9.17) is 10.3 Å². The highest BCUT2D eigenvalue weighted by Gasteiger charge is 2.35. The van der Waals surface area contributed by atoms with Crippen molar-refractivity contribution < 1.29 is 52.0 Å². The third-order valence-corrected chi connectivity index (χ3v) is 8.10. The van der Waals surface area contributed by atoms with Gasteiger partial charge >= 0.3 is 25.7 Å². The average Bonchev–Trinajstić information content (AvgIpc) is 3.01. The fourth-order valence-electron chi connectivity index (χ4n) is 4.38. The van der Waals surface area contributed by atoms with E-state index in [1.54, 1.807) is 0 Å². The summed E-state index contributed by atoms with van der Waals surface area (Å²) >= 11 is 0. The molecule has 16 heteroatoms. The van der Waals surface area contributed by atoms with Crippen molar-refractivity contribution >= 4 is 43.5 Å². The van der Waals surface area contributed by atoms with Crippen LogP contribution < -0.4 is 26.2 Å². The number of carboxylic acids is 1. The molecule has 0 aromatic heterocycles. The summed E-state index contributed by atoms with van der Waals surface area (Å²) in [6, 6.07) is 11.6. The molecule has 6 N–H and O–H groups in total. The molecule has 2 rings (SSSR count). The molecule has 3 unspecified atom stereocenters. The second kappa shape index (κ2) is 19.8. The number of aliphatic carboxylic acids is 1. The number of unbranched alkanes of at least 4 members (excludes halogenated alkanes) is 1. The molecule has 0 aliphatic heterocycles. The Morgan fingerprint density at radius 3 is 2.00 bits per heavy atom. The van der Waals surface area contributed by atoms with Crippen LogP contribution in [0.15, 0.2) is 54.6 Å². The normalized spacial score (nSPS) is 12.8. The minimum Gasteiger partial charge on any atom is -0.480 e. The van der Waals surface area contributed by atoms with E-state index in [0.29, 0.717) is 31.4 Å². The molecule has 0 radical (unpaired) electrons. The highest BCUT2D eigenvalue weighted by Crippen LogP contribution is 2.49. The number of phosphoric acid groups is 1. The van der Waals surface area contributed by atoms with Crippen LogP contribution in [0.3, 0.4) is 0 Å². The van der Waals surface area contributed by atoms with Gasteiger partial charge in [-0.15, -0.1) is 0 Å². The number of benzene rings is 2. The SMILES string of the molecule is CCCCC(NC(=O)C(N)Cc1ccc(OP(=O)(OC(C)=O)OC(C)=O)cc1)C(=O)NC(CC(=O)NCCCc1ccccc1)C(=O)O. The molecule has 262 valence electrons. The molecule has 0 heterocycles. The van der Waals surface area contributed by atoms with Crippen LogP contribution in [0, 0.1) is 0 Å². The number of aryl methyl sites for hydroxylation is 1. The van der Waals surface area contributed by atoms with Crippen molar-refractivity contribution in [3.63, 3.8) is 0 Å². The third kappa shape index (κ3) is 14.8. The molecule has 3 atom stereocenters. The fraction of sp³-hybridized carbons (Fsp3) is 0.438. The largest absolute Gasteiger partial charge is 0.651 e. The first-order valence-electron chi connectivity index (χ1n) is 15.4. The van der Waals surface area contributed by atoms with Gasteiger partial charge in [0, 0.05) is 20.4 Å². The number of phosphoric ester groups is 1. The average molecular weight is 691 g/mol. The summed E-state index contributed by atoms with van der Waals surface area (Å²) in [5.41, 5.74) is 7.75. The molecule has 0 bridgehead atoms. The third-order valence-electron chi connectivity index (χ3n) is 6.70. The Morgan fingerprint density at radius 2 is 1.44 bits per heavy atom. The Morgan fingerprint density at radius 1 is 0.833 bits per heavy atom. The maximum atomic E-state index is 13.1. The van der Waals surface area contributed by atoms with Crippen molar-refractivity contribution in [1.82, 2.24) is 16.0 Å². The smallest absolute Gasteiger partial charge is 0.480 e. The molecule has 15 nitrogen and oxygen atoms in total. The lowest BCUT2D eigenvalue weighted by Crippen LogP contribution is -2.55. The minimum absolute atomic E-state index is 0.00196. The molecular weight excluding hydrogens is 647 g/mol. The van der Waals surface area contributed by atoms with Crippen molar-refractivity contribution in [2.45, 2.75) is 83.8 Å². The van der Waals surface area contributed by atoms with Gasteiger partial charge in [0.15, 0.2) is 0 Å². The van der Waals surface area contributed by atoms with Gasteiger partial charge in [0.2, 0.25) is 17.7 Å². The van der Waals surface area contributed by atoms with E-state index in [1.165, 1.54) is 24.3 Å². The number of carboxylic acid groups (broad SMARTS) is 1. The first-order chi connectivity index (χ1) is 22.7. The number of nitrogens with one attached hydrogen (secondary N) is 3. The van der Waals surface area contributed by atoms with E-state index in [0.717, 1.165) is 25.8 Å². The van der Waals surface area contributed by atoms with E-state index in [9.17, 15) is 38.4 Å². The van der Waals surface area contributed by atoms with Crippen LogP contribution in [0.4, 0.5) is 0 Å². The van der Waals surface area contributed by atoms with Crippen LogP contribution in [0.5, 0.6) is 5.75 Å². The van der Waals surface area contributed by atoms with Gasteiger partial charge in [0.05, 0.1) is 12.5 Å². The zero-order valence-corrected chi connectivity index (χ0v) is 28.0. The number of hydrogen-bond acceptors (Lipinski definition) is 11. The topological polar surface area (TPSA) is 230 Å². The summed E-state index contributed by atoms with van der Waals surface area (Å²) < 4.78 is 26.8. The standard InChI is InChI=1S/C32H43N4O11P/c1-4-5-13-27(31(41)36-28(32(42)43)20-29(39)34-18-9-12-23-10-7-6-8-11-23)35-30(40)26(33)19-24-14-16-25(17-15-24)47-48(44,45-21(2)37)46-22(3)38/h6-8,10-11,14-17,26-28H,4-5,9,12-13,18-20,33H2,1-3H3,(H,34,39)(H,35,40)(H,36,41)(H,42,43). The molecule has 2 aromatic carbocycles. The van der Waals surface area contributed by atoms with E-state index in [2.05, 4.69) is 25.0 Å². The van der Waals surface area contributed by atoms with Gasteiger partial charge in [0.25, 0.3) is 0 Å². The fourth-order valence-corrected chi connectivity index (χ4v) is 5.51. The van der Waals surface area contributed by atoms with Crippen LogP contribution in [-0.2, 0) is 55.2 Å². The zero-order valence-electron chi connectivity index (χ0n) is 27.1. The highest BCUT2D eigenvalue weighted by atomic mass is 31.2. The number of nitrogens with two attached hydrogens (primary N) is 1. The lowest BCUT2D eigenvalue weighted by atomic mass is 10.0. The second-order valence-electron chi connectivity index (χ2n) is 10.9. The van der Waals surface area contributed by atoms with Crippen molar-refractivity contribution in [2.24, 2.45) is 5.73 Å². The molecular formula is C32H43N4O11P. The molecule has 3 amide bonds. The Kier molecular flexibility index (Phi) is 16.3. The van der Waals surface area contributed by atoms with E-state index in [-0.39, 0.29) is 18.6 Å². The van der Waals surface area contributed by atoms with Gasteiger partial charge in [-0.25, -0.2) is 4.79 Å².